The molecule has 0 saturated carbocycles. The van der Waals surface area contributed by atoms with Crippen LogP contribution < -0.4 is 9.47 Å². The number of halogens is 1. The minimum absolute atomic E-state index is 0.209. The quantitative estimate of drug-likeness (QED) is 0.360. The summed E-state index contributed by atoms with van der Waals surface area (Å²) in [4.78, 5) is 0. The topological polar surface area (TPSA) is 44.2 Å². The molecule has 5 heteroatoms. The first kappa shape index (κ1) is 20.5. The van der Waals surface area contributed by atoms with Crippen LogP contribution in [0.4, 0.5) is 4.39 Å². The summed E-state index contributed by atoms with van der Waals surface area (Å²) in [6.45, 7) is 0.757. The zero-order valence-electron chi connectivity index (χ0n) is 17.1. The number of aryl methyl sites for hydroxylation is 2. The third-order valence-corrected chi connectivity index (χ3v) is 4.84. The number of benzene rings is 3. The van der Waals surface area contributed by atoms with E-state index in [1.54, 1.807) is 12.1 Å². The van der Waals surface area contributed by atoms with Crippen LogP contribution in [0.1, 0.15) is 22.4 Å². The Balaban J connectivity index is 1.49. The molecule has 0 atom stereocenters. The van der Waals surface area contributed by atoms with Gasteiger partial charge in [0.15, 0.2) is 5.75 Å². The summed E-state index contributed by atoms with van der Waals surface area (Å²) >= 11 is 0. The molecule has 0 bridgehead atoms. The summed E-state index contributed by atoms with van der Waals surface area (Å²) in [6, 6.07) is 28.4. The van der Waals surface area contributed by atoms with E-state index in [4.69, 9.17) is 9.47 Å². The van der Waals surface area contributed by atoms with Gasteiger partial charge in [-0.25, -0.2) is 4.39 Å². The molecule has 0 N–H and O–H groups in total. The van der Waals surface area contributed by atoms with Crippen molar-refractivity contribution >= 4 is 0 Å². The lowest BCUT2D eigenvalue weighted by atomic mass is 10.1. The van der Waals surface area contributed by atoms with Crippen LogP contribution in [0.25, 0.3) is 0 Å². The molecule has 31 heavy (non-hydrogen) atoms. The van der Waals surface area contributed by atoms with Gasteiger partial charge in [0.1, 0.15) is 19.0 Å². The Kier molecular flexibility index (Phi) is 6.85. The van der Waals surface area contributed by atoms with Crippen LogP contribution in [0.3, 0.4) is 0 Å². The maximum Gasteiger partial charge on any atom is 0.276 e. The maximum atomic E-state index is 13.9. The Morgan fingerprint density at radius 3 is 1.94 bits per heavy atom. The Morgan fingerprint density at radius 2 is 1.26 bits per heavy atom. The Hall–Kier alpha value is -3.73. The van der Waals surface area contributed by atoms with Gasteiger partial charge in [0, 0.05) is 6.07 Å². The average molecular weight is 414 g/mol. The fraction of sp³-hybridized carbons (Fsp3) is 0.154. The second-order valence-electron chi connectivity index (χ2n) is 7.15. The normalized spacial score (nSPS) is 10.6. The van der Waals surface area contributed by atoms with Crippen molar-refractivity contribution in [3.63, 3.8) is 0 Å². The van der Waals surface area contributed by atoms with Crippen LogP contribution >= 0.6 is 0 Å². The third-order valence-electron chi connectivity index (χ3n) is 4.84. The maximum absolute atomic E-state index is 13.9. The van der Waals surface area contributed by atoms with Gasteiger partial charge in [-0.15, -0.1) is 5.10 Å². The molecule has 4 nitrogen and oxygen atoms in total. The molecule has 1 aromatic heterocycles. The van der Waals surface area contributed by atoms with Crippen molar-refractivity contribution in [2.24, 2.45) is 0 Å². The van der Waals surface area contributed by atoms with Crippen LogP contribution in [-0.2, 0) is 26.1 Å². The molecule has 4 rings (SSSR count). The van der Waals surface area contributed by atoms with Crippen LogP contribution in [0.15, 0.2) is 91.0 Å². The summed E-state index contributed by atoms with van der Waals surface area (Å²) < 4.78 is 25.8. The summed E-state index contributed by atoms with van der Waals surface area (Å²) in [7, 11) is 0. The van der Waals surface area contributed by atoms with Crippen molar-refractivity contribution in [1.82, 2.24) is 10.2 Å². The molecule has 0 amide bonds. The highest BCUT2D eigenvalue weighted by Gasteiger charge is 2.12. The molecular formula is C26H23FN2O2. The fourth-order valence-electron chi connectivity index (χ4n) is 3.15. The van der Waals surface area contributed by atoms with Gasteiger partial charge >= 0.3 is 0 Å². The Bertz CT molecular complexity index is 1100. The molecule has 0 aliphatic rings. The molecule has 1 heterocycles. The zero-order chi connectivity index (χ0) is 21.3. The molecule has 0 aliphatic carbocycles. The summed E-state index contributed by atoms with van der Waals surface area (Å²) in [5.74, 6) is 0.659. The minimum Gasteiger partial charge on any atom is -0.483 e. The van der Waals surface area contributed by atoms with E-state index in [1.165, 1.54) is 6.07 Å². The molecule has 0 spiro atoms. The number of ether oxygens (including phenoxy) is 2. The first-order valence-electron chi connectivity index (χ1n) is 10.2. The number of nitrogens with zero attached hydrogens (tertiary/aromatic N) is 2. The third kappa shape index (κ3) is 5.89. The fourth-order valence-corrected chi connectivity index (χ4v) is 3.15. The highest BCUT2D eigenvalue weighted by atomic mass is 19.1. The molecule has 0 fully saturated rings. The Labute approximate surface area is 181 Å². The number of hydrogen-bond donors (Lipinski definition) is 0. The van der Waals surface area contributed by atoms with Gasteiger partial charge < -0.3 is 9.47 Å². The molecular weight excluding hydrogens is 391 g/mol. The molecule has 0 unspecified atom stereocenters. The van der Waals surface area contributed by atoms with E-state index in [1.807, 2.05) is 72.8 Å². The van der Waals surface area contributed by atoms with Crippen molar-refractivity contribution in [3.8, 4) is 11.6 Å². The SMILES string of the molecule is Fc1ccccc1CCc1cc(OCc2ccccc2)c(OCc2ccccc2)nn1. The molecule has 0 radical (unpaired) electrons. The Morgan fingerprint density at radius 1 is 0.645 bits per heavy atom. The highest BCUT2D eigenvalue weighted by Crippen LogP contribution is 2.27. The van der Waals surface area contributed by atoms with E-state index in [9.17, 15) is 4.39 Å². The van der Waals surface area contributed by atoms with Crippen LogP contribution in [0.2, 0.25) is 0 Å². The largest absolute Gasteiger partial charge is 0.483 e. The van der Waals surface area contributed by atoms with Gasteiger partial charge in [0.25, 0.3) is 5.88 Å². The number of hydrogen-bond acceptors (Lipinski definition) is 4. The van der Waals surface area contributed by atoms with E-state index in [2.05, 4.69) is 10.2 Å². The standard InChI is InChI=1S/C26H23FN2O2/c27-24-14-8-7-13-22(24)15-16-23-17-25(30-18-20-9-3-1-4-10-20)26(29-28-23)31-19-21-11-5-2-6-12-21/h1-14,17H,15-16,18-19H2. The second kappa shape index (κ2) is 10.3. The lowest BCUT2D eigenvalue weighted by Gasteiger charge is -2.13. The molecule has 3 aromatic carbocycles. The molecule has 4 aromatic rings. The monoisotopic (exact) mass is 414 g/mol. The zero-order valence-corrected chi connectivity index (χ0v) is 17.1. The van der Waals surface area contributed by atoms with E-state index in [0.29, 0.717) is 43.2 Å². The minimum atomic E-state index is -0.209. The van der Waals surface area contributed by atoms with Gasteiger partial charge in [0.2, 0.25) is 0 Å². The van der Waals surface area contributed by atoms with Gasteiger partial charge in [0.05, 0.1) is 5.69 Å². The lowest BCUT2D eigenvalue weighted by molar-refractivity contribution is 0.243. The van der Waals surface area contributed by atoms with Crippen molar-refractivity contribution < 1.29 is 13.9 Å². The van der Waals surface area contributed by atoms with E-state index >= 15 is 0 Å². The van der Waals surface area contributed by atoms with E-state index in [0.717, 1.165) is 16.8 Å². The van der Waals surface area contributed by atoms with Crippen LogP contribution in [0.5, 0.6) is 11.6 Å². The van der Waals surface area contributed by atoms with Gasteiger partial charge in [-0.3, -0.25) is 0 Å². The summed E-state index contributed by atoms with van der Waals surface area (Å²) in [5, 5.41) is 8.52. The van der Waals surface area contributed by atoms with E-state index in [-0.39, 0.29) is 5.82 Å². The smallest absolute Gasteiger partial charge is 0.276 e. The van der Waals surface area contributed by atoms with Gasteiger partial charge in [-0.1, -0.05) is 78.9 Å². The highest BCUT2D eigenvalue weighted by molar-refractivity contribution is 5.35. The second-order valence-corrected chi connectivity index (χ2v) is 7.15. The van der Waals surface area contributed by atoms with Crippen LogP contribution in [-0.4, -0.2) is 10.2 Å². The molecule has 156 valence electrons. The molecule has 0 saturated heterocycles. The van der Waals surface area contributed by atoms with Crippen LogP contribution in [0, 0.1) is 5.82 Å². The lowest BCUT2D eigenvalue weighted by Crippen LogP contribution is -2.06. The van der Waals surface area contributed by atoms with Gasteiger partial charge in [-0.05, 0) is 35.6 Å². The number of rotatable bonds is 9. The van der Waals surface area contributed by atoms with Crippen molar-refractivity contribution in [1.29, 1.82) is 0 Å². The van der Waals surface area contributed by atoms with Gasteiger partial charge in [-0.2, -0.15) is 5.10 Å². The van der Waals surface area contributed by atoms with E-state index < -0.39 is 0 Å². The number of aromatic nitrogens is 2. The van der Waals surface area contributed by atoms with Crippen molar-refractivity contribution in [2.75, 3.05) is 0 Å². The predicted molar refractivity (Wildman–Crippen MR) is 117 cm³/mol. The molecule has 0 aliphatic heterocycles. The van der Waals surface area contributed by atoms with Crippen molar-refractivity contribution in [3.05, 3.63) is 119 Å². The first-order valence-corrected chi connectivity index (χ1v) is 10.2. The van der Waals surface area contributed by atoms with Crippen molar-refractivity contribution in [2.45, 2.75) is 26.1 Å². The summed E-state index contributed by atoms with van der Waals surface area (Å²) in [5.41, 5.74) is 3.45. The first-order chi connectivity index (χ1) is 15.3. The predicted octanol–water partition coefficient (Wildman–Crippen LogP) is 5.56. The average Bonchev–Trinajstić information content (AvgIpc) is 2.83. The summed E-state index contributed by atoms with van der Waals surface area (Å²) in [6.07, 6.45) is 1.08.